The number of benzene rings is 2. The molecule has 2 aromatic rings. The van der Waals surface area contributed by atoms with Crippen molar-refractivity contribution in [2.24, 2.45) is 0 Å². The first-order valence-electron chi connectivity index (χ1n) is 5.33. The van der Waals surface area contributed by atoms with E-state index in [0.717, 1.165) is 15.7 Å². The molecule has 0 amide bonds. The fourth-order valence-corrected chi connectivity index (χ4v) is 1.92. The van der Waals surface area contributed by atoms with Gasteiger partial charge in [-0.1, -0.05) is 6.07 Å². The average molecular weight is 305 g/mol. The molecule has 0 aliphatic heterocycles. The number of nitrogens with zero attached hydrogens (tertiary/aromatic N) is 1. The highest BCUT2D eigenvalue weighted by Gasteiger charge is 2.05. The van der Waals surface area contributed by atoms with Gasteiger partial charge in [0.2, 0.25) is 0 Å². The van der Waals surface area contributed by atoms with Gasteiger partial charge in [-0.15, -0.1) is 0 Å². The zero-order valence-corrected chi connectivity index (χ0v) is 11.3. The Labute approximate surface area is 113 Å². The van der Waals surface area contributed by atoms with E-state index < -0.39 is 5.82 Å². The van der Waals surface area contributed by atoms with Crippen molar-refractivity contribution >= 4 is 27.3 Å². The molecule has 0 heterocycles. The van der Waals surface area contributed by atoms with E-state index in [1.807, 2.05) is 25.1 Å². The van der Waals surface area contributed by atoms with Crippen LogP contribution in [0.2, 0.25) is 0 Å². The van der Waals surface area contributed by atoms with E-state index in [1.165, 1.54) is 12.1 Å². The molecule has 0 unspecified atom stereocenters. The van der Waals surface area contributed by atoms with Crippen LogP contribution >= 0.6 is 15.9 Å². The van der Waals surface area contributed by atoms with Gasteiger partial charge in [-0.3, -0.25) is 0 Å². The quantitative estimate of drug-likeness (QED) is 0.886. The van der Waals surface area contributed by atoms with Crippen LogP contribution in [0.25, 0.3) is 0 Å². The molecular formula is C14H10BrFN2. The van der Waals surface area contributed by atoms with Gasteiger partial charge >= 0.3 is 0 Å². The standard InChI is InChI=1S/C14H10BrFN2/c1-9-2-5-12(15)14(6-9)18-11-4-3-10(8-17)13(16)7-11/h2-7,18H,1H3. The summed E-state index contributed by atoms with van der Waals surface area (Å²) >= 11 is 3.43. The van der Waals surface area contributed by atoms with Crippen LogP contribution in [0.3, 0.4) is 0 Å². The Bertz CT molecular complexity index is 632. The lowest BCUT2D eigenvalue weighted by atomic mass is 10.2. The molecule has 2 nitrogen and oxygen atoms in total. The van der Waals surface area contributed by atoms with Crippen molar-refractivity contribution in [3.05, 3.63) is 57.8 Å². The Balaban J connectivity index is 2.32. The molecule has 0 aromatic heterocycles. The predicted molar refractivity (Wildman–Crippen MR) is 73.3 cm³/mol. The molecule has 0 bridgehead atoms. The van der Waals surface area contributed by atoms with Gasteiger partial charge in [-0.2, -0.15) is 5.26 Å². The van der Waals surface area contributed by atoms with Gasteiger partial charge in [-0.05, 0) is 58.7 Å². The number of aryl methyl sites for hydroxylation is 1. The number of nitrogens with one attached hydrogen (secondary N) is 1. The highest BCUT2D eigenvalue weighted by Crippen LogP contribution is 2.27. The van der Waals surface area contributed by atoms with Crippen molar-refractivity contribution in [1.82, 2.24) is 0 Å². The maximum absolute atomic E-state index is 13.5. The van der Waals surface area contributed by atoms with Crippen molar-refractivity contribution in [3.63, 3.8) is 0 Å². The summed E-state index contributed by atoms with van der Waals surface area (Å²) in [5, 5.41) is 11.8. The molecule has 4 heteroatoms. The topological polar surface area (TPSA) is 35.8 Å². The maximum atomic E-state index is 13.5. The van der Waals surface area contributed by atoms with Crippen molar-refractivity contribution < 1.29 is 4.39 Å². The Morgan fingerprint density at radius 2 is 2.00 bits per heavy atom. The first kappa shape index (κ1) is 12.6. The Hall–Kier alpha value is -1.86. The summed E-state index contributed by atoms with van der Waals surface area (Å²) < 4.78 is 14.4. The van der Waals surface area contributed by atoms with E-state index >= 15 is 0 Å². The summed E-state index contributed by atoms with van der Waals surface area (Å²) in [6.45, 7) is 1.98. The van der Waals surface area contributed by atoms with Gasteiger partial charge in [0, 0.05) is 10.2 Å². The fraction of sp³-hybridized carbons (Fsp3) is 0.0714. The molecule has 18 heavy (non-hydrogen) atoms. The number of anilines is 2. The van der Waals surface area contributed by atoms with E-state index in [2.05, 4.69) is 21.2 Å². The van der Waals surface area contributed by atoms with Crippen LogP contribution in [-0.2, 0) is 0 Å². The SMILES string of the molecule is Cc1ccc(Br)c(Nc2ccc(C#N)c(F)c2)c1. The summed E-state index contributed by atoms with van der Waals surface area (Å²) in [6, 6.07) is 12.1. The number of halogens is 2. The Kier molecular flexibility index (Phi) is 3.63. The normalized spacial score (nSPS) is 9.89. The lowest BCUT2D eigenvalue weighted by molar-refractivity contribution is 0.624. The monoisotopic (exact) mass is 304 g/mol. The van der Waals surface area contributed by atoms with Gasteiger partial charge in [-0.25, -0.2) is 4.39 Å². The van der Waals surface area contributed by atoms with Crippen LogP contribution in [0.5, 0.6) is 0 Å². The molecule has 1 N–H and O–H groups in total. The second-order valence-corrected chi connectivity index (χ2v) is 4.77. The fourth-order valence-electron chi connectivity index (χ4n) is 1.57. The van der Waals surface area contributed by atoms with Crippen molar-refractivity contribution in [3.8, 4) is 6.07 Å². The van der Waals surface area contributed by atoms with Crippen LogP contribution in [0, 0.1) is 24.1 Å². The van der Waals surface area contributed by atoms with E-state index in [-0.39, 0.29) is 5.56 Å². The number of rotatable bonds is 2. The molecule has 90 valence electrons. The van der Waals surface area contributed by atoms with E-state index in [9.17, 15) is 4.39 Å². The van der Waals surface area contributed by atoms with Gasteiger partial charge in [0.05, 0.1) is 11.3 Å². The second-order valence-electron chi connectivity index (χ2n) is 3.91. The lowest BCUT2D eigenvalue weighted by Gasteiger charge is -2.10. The summed E-state index contributed by atoms with van der Waals surface area (Å²) in [7, 11) is 0. The van der Waals surface area contributed by atoms with E-state index in [0.29, 0.717) is 5.69 Å². The molecule has 0 radical (unpaired) electrons. The highest BCUT2D eigenvalue weighted by atomic mass is 79.9. The molecule has 2 aromatic carbocycles. The lowest BCUT2D eigenvalue weighted by Crippen LogP contribution is -1.94. The van der Waals surface area contributed by atoms with E-state index in [1.54, 1.807) is 12.1 Å². The Morgan fingerprint density at radius 1 is 1.22 bits per heavy atom. The average Bonchev–Trinajstić information content (AvgIpc) is 2.34. The Morgan fingerprint density at radius 3 is 2.67 bits per heavy atom. The summed E-state index contributed by atoms with van der Waals surface area (Å²) in [4.78, 5) is 0. The molecule has 2 rings (SSSR count). The minimum Gasteiger partial charge on any atom is -0.355 e. The zero-order chi connectivity index (χ0) is 13.1. The van der Waals surface area contributed by atoms with Gasteiger partial charge in [0.25, 0.3) is 0 Å². The molecule has 0 saturated carbocycles. The van der Waals surface area contributed by atoms with E-state index in [4.69, 9.17) is 5.26 Å². The predicted octanol–water partition coefficient (Wildman–Crippen LogP) is 4.51. The molecule has 0 fully saturated rings. The van der Waals surface area contributed by atoms with Crippen LogP contribution < -0.4 is 5.32 Å². The number of nitriles is 1. The maximum Gasteiger partial charge on any atom is 0.143 e. The first-order valence-corrected chi connectivity index (χ1v) is 6.12. The minimum absolute atomic E-state index is 0.0452. The third kappa shape index (κ3) is 2.69. The molecular weight excluding hydrogens is 295 g/mol. The van der Waals surface area contributed by atoms with Crippen molar-refractivity contribution in [1.29, 1.82) is 5.26 Å². The highest BCUT2D eigenvalue weighted by molar-refractivity contribution is 9.10. The van der Waals surface area contributed by atoms with Crippen LogP contribution in [0.4, 0.5) is 15.8 Å². The summed E-state index contributed by atoms with van der Waals surface area (Å²) in [5.41, 5.74) is 2.62. The summed E-state index contributed by atoms with van der Waals surface area (Å²) in [6.07, 6.45) is 0. The van der Waals surface area contributed by atoms with Crippen LogP contribution in [0.1, 0.15) is 11.1 Å². The van der Waals surface area contributed by atoms with Gasteiger partial charge in [0.15, 0.2) is 0 Å². The summed E-state index contributed by atoms with van der Waals surface area (Å²) in [5.74, 6) is -0.522. The van der Waals surface area contributed by atoms with Gasteiger partial charge in [0.1, 0.15) is 11.9 Å². The smallest absolute Gasteiger partial charge is 0.143 e. The minimum atomic E-state index is -0.522. The molecule has 0 aliphatic carbocycles. The second kappa shape index (κ2) is 5.19. The molecule has 0 saturated heterocycles. The number of hydrogen-bond donors (Lipinski definition) is 1. The molecule has 0 aliphatic rings. The van der Waals surface area contributed by atoms with Crippen LogP contribution in [0.15, 0.2) is 40.9 Å². The van der Waals surface area contributed by atoms with Gasteiger partial charge < -0.3 is 5.32 Å². The number of hydrogen-bond acceptors (Lipinski definition) is 2. The molecule has 0 spiro atoms. The molecule has 0 atom stereocenters. The zero-order valence-electron chi connectivity index (χ0n) is 9.67. The third-order valence-corrected chi connectivity index (χ3v) is 3.18. The van der Waals surface area contributed by atoms with Crippen molar-refractivity contribution in [2.45, 2.75) is 6.92 Å². The first-order chi connectivity index (χ1) is 8.60. The van der Waals surface area contributed by atoms with Crippen molar-refractivity contribution in [2.75, 3.05) is 5.32 Å². The largest absolute Gasteiger partial charge is 0.355 e. The van der Waals surface area contributed by atoms with Crippen LogP contribution in [-0.4, -0.2) is 0 Å². The third-order valence-electron chi connectivity index (χ3n) is 2.49.